The van der Waals surface area contributed by atoms with Crippen molar-refractivity contribution in [2.75, 3.05) is 0 Å². The van der Waals surface area contributed by atoms with Gasteiger partial charge in [-0.2, -0.15) is 0 Å². The van der Waals surface area contributed by atoms with Crippen molar-refractivity contribution in [3.8, 4) is 0 Å². The highest BCUT2D eigenvalue weighted by atomic mass is 16.1. The molecule has 0 unspecified atom stereocenters. The molecule has 0 saturated heterocycles. The lowest BCUT2D eigenvalue weighted by Crippen LogP contribution is -2.19. The SMILES string of the molecule is CC1=CCC(C)(C)C[C@H]2C[C@]2(C)C(=O)CC1. The van der Waals surface area contributed by atoms with Gasteiger partial charge >= 0.3 is 0 Å². The largest absolute Gasteiger partial charge is 0.299 e. The molecule has 90 valence electrons. The summed E-state index contributed by atoms with van der Waals surface area (Å²) >= 11 is 0. The van der Waals surface area contributed by atoms with Gasteiger partial charge in [-0.3, -0.25) is 4.79 Å². The molecule has 1 fully saturated rings. The van der Waals surface area contributed by atoms with Gasteiger partial charge in [0.25, 0.3) is 0 Å². The predicted molar refractivity (Wildman–Crippen MR) is 67.2 cm³/mol. The van der Waals surface area contributed by atoms with Crippen LogP contribution >= 0.6 is 0 Å². The van der Waals surface area contributed by atoms with Gasteiger partial charge in [-0.1, -0.05) is 32.4 Å². The van der Waals surface area contributed by atoms with Crippen molar-refractivity contribution in [2.45, 2.75) is 59.8 Å². The maximum atomic E-state index is 12.1. The zero-order valence-corrected chi connectivity index (χ0v) is 11.1. The molecular formula is C15H24O. The normalized spacial score (nSPS) is 38.6. The molecule has 2 aliphatic carbocycles. The van der Waals surface area contributed by atoms with Gasteiger partial charge in [0, 0.05) is 11.8 Å². The molecule has 0 bridgehead atoms. The quantitative estimate of drug-likeness (QED) is 0.561. The molecule has 2 atom stereocenters. The van der Waals surface area contributed by atoms with Crippen LogP contribution < -0.4 is 0 Å². The fourth-order valence-electron chi connectivity index (χ4n) is 2.99. The summed E-state index contributed by atoms with van der Waals surface area (Å²) in [4.78, 5) is 12.1. The number of fused-ring (bicyclic) bond motifs is 1. The maximum Gasteiger partial charge on any atom is 0.139 e. The molecule has 0 radical (unpaired) electrons. The van der Waals surface area contributed by atoms with E-state index in [1.807, 2.05) is 0 Å². The highest BCUT2D eigenvalue weighted by molar-refractivity contribution is 5.87. The second-order valence-electron chi connectivity index (χ2n) is 6.86. The molecule has 0 aromatic heterocycles. The molecule has 0 amide bonds. The van der Waals surface area contributed by atoms with Crippen molar-refractivity contribution in [3.63, 3.8) is 0 Å². The summed E-state index contributed by atoms with van der Waals surface area (Å²) in [6, 6.07) is 0. The summed E-state index contributed by atoms with van der Waals surface area (Å²) in [5.41, 5.74) is 1.79. The topological polar surface area (TPSA) is 17.1 Å². The van der Waals surface area contributed by atoms with Crippen molar-refractivity contribution in [1.82, 2.24) is 0 Å². The minimum absolute atomic E-state index is 0.0366. The first-order valence-electron chi connectivity index (χ1n) is 6.52. The van der Waals surface area contributed by atoms with Crippen LogP contribution in [-0.2, 0) is 4.79 Å². The van der Waals surface area contributed by atoms with Crippen molar-refractivity contribution in [3.05, 3.63) is 11.6 Å². The molecule has 0 heterocycles. The van der Waals surface area contributed by atoms with E-state index in [-0.39, 0.29) is 5.41 Å². The van der Waals surface area contributed by atoms with E-state index < -0.39 is 0 Å². The second-order valence-corrected chi connectivity index (χ2v) is 6.86. The summed E-state index contributed by atoms with van der Waals surface area (Å²) in [6.45, 7) is 9.01. The van der Waals surface area contributed by atoms with Gasteiger partial charge in [-0.05, 0) is 43.9 Å². The monoisotopic (exact) mass is 220 g/mol. The Morgan fingerprint density at radius 2 is 1.88 bits per heavy atom. The average molecular weight is 220 g/mol. The Morgan fingerprint density at radius 3 is 2.56 bits per heavy atom. The van der Waals surface area contributed by atoms with Crippen LogP contribution in [0, 0.1) is 16.7 Å². The van der Waals surface area contributed by atoms with Crippen LogP contribution in [0.2, 0.25) is 0 Å². The third-order valence-corrected chi connectivity index (χ3v) is 4.60. The van der Waals surface area contributed by atoms with Crippen molar-refractivity contribution in [1.29, 1.82) is 0 Å². The van der Waals surface area contributed by atoms with E-state index in [0.29, 0.717) is 17.1 Å². The van der Waals surface area contributed by atoms with Crippen molar-refractivity contribution >= 4 is 5.78 Å². The highest BCUT2D eigenvalue weighted by Gasteiger charge is 2.55. The molecule has 1 saturated carbocycles. The first-order chi connectivity index (χ1) is 7.33. The summed E-state index contributed by atoms with van der Waals surface area (Å²) in [7, 11) is 0. The third kappa shape index (κ3) is 2.23. The third-order valence-electron chi connectivity index (χ3n) is 4.60. The number of carbonyl (C=O) groups is 1. The van der Waals surface area contributed by atoms with Crippen LogP contribution in [0.5, 0.6) is 0 Å². The number of Topliss-reactive ketones (excluding diaryl/α,β-unsaturated/α-hetero) is 1. The molecule has 0 aromatic rings. The van der Waals surface area contributed by atoms with Crippen molar-refractivity contribution in [2.24, 2.45) is 16.7 Å². The number of carbonyl (C=O) groups excluding carboxylic acids is 1. The Labute approximate surface area is 99.3 Å². The number of ketones is 1. The summed E-state index contributed by atoms with van der Waals surface area (Å²) in [5.74, 6) is 1.16. The van der Waals surface area contributed by atoms with E-state index in [2.05, 4.69) is 33.8 Å². The van der Waals surface area contributed by atoms with Crippen LogP contribution in [0.15, 0.2) is 11.6 Å². The minimum Gasteiger partial charge on any atom is -0.299 e. The van der Waals surface area contributed by atoms with Gasteiger partial charge in [0.1, 0.15) is 5.78 Å². The number of rotatable bonds is 0. The number of allylic oxidation sites excluding steroid dienone is 2. The van der Waals surface area contributed by atoms with Crippen molar-refractivity contribution < 1.29 is 4.79 Å². The molecule has 1 nitrogen and oxygen atoms in total. The van der Waals surface area contributed by atoms with E-state index >= 15 is 0 Å². The zero-order chi connectivity index (χ0) is 12.0. The summed E-state index contributed by atoms with van der Waals surface area (Å²) in [5, 5.41) is 0. The molecular weight excluding hydrogens is 196 g/mol. The standard InChI is InChI=1S/C15H24O/c1-11-5-6-13(16)15(4)10-12(15)9-14(2,3)8-7-11/h7,12H,5-6,8-10H2,1-4H3/t12-,15-/m0/s1. The summed E-state index contributed by atoms with van der Waals surface area (Å²) in [6.07, 6.45) is 7.58. The van der Waals surface area contributed by atoms with E-state index in [4.69, 9.17) is 0 Å². The molecule has 0 aliphatic heterocycles. The number of hydrogen-bond acceptors (Lipinski definition) is 1. The van der Waals surface area contributed by atoms with Gasteiger partial charge in [0.15, 0.2) is 0 Å². The van der Waals surface area contributed by atoms with Gasteiger partial charge in [-0.25, -0.2) is 0 Å². The fourth-order valence-corrected chi connectivity index (χ4v) is 2.99. The molecule has 16 heavy (non-hydrogen) atoms. The minimum atomic E-state index is 0.0366. The van der Waals surface area contributed by atoms with E-state index in [1.165, 1.54) is 18.4 Å². The Bertz CT molecular complexity index is 337. The molecule has 2 rings (SSSR count). The van der Waals surface area contributed by atoms with E-state index in [0.717, 1.165) is 19.3 Å². The maximum absolute atomic E-state index is 12.1. The lowest BCUT2D eigenvalue weighted by atomic mass is 9.79. The molecule has 0 spiro atoms. The van der Waals surface area contributed by atoms with Crippen LogP contribution in [-0.4, -0.2) is 5.78 Å². The smallest absolute Gasteiger partial charge is 0.139 e. The summed E-state index contributed by atoms with van der Waals surface area (Å²) < 4.78 is 0. The lowest BCUT2D eigenvalue weighted by molar-refractivity contribution is -0.124. The first kappa shape index (κ1) is 11.9. The van der Waals surface area contributed by atoms with Crippen LogP contribution in [0.25, 0.3) is 0 Å². The molecule has 2 aliphatic rings. The highest BCUT2D eigenvalue weighted by Crippen LogP contribution is 2.58. The molecule has 0 aromatic carbocycles. The zero-order valence-electron chi connectivity index (χ0n) is 11.1. The Balaban J connectivity index is 2.18. The van der Waals surface area contributed by atoms with Crippen LogP contribution in [0.1, 0.15) is 59.8 Å². The van der Waals surface area contributed by atoms with Crippen LogP contribution in [0.3, 0.4) is 0 Å². The second kappa shape index (κ2) is 3.72. The van der Waals surface area contributed by atoms with Crippen LogP contribution in [0.4, 0.5) is 0 Å². The van der Waals surface area contributed by atoms with Gasteiger partial charge in [-0.15, -0.1) is 0 Å². The van der Waals surface area contributed by atoms with Gasteiger partial charge in [0.2, 0.25) is 0 Å². The Morgan fingerprint density at radius 1 is 1.19 bits per heavy atom. The Hall–Kier alpha value is -0.590. The van der Waals surface area contributed by atoms with Gasteiger partial charge in [0.05, 0.1) is 0 Å². The molecule has 0 N–H and O–H groups in total. The first-order valence-corrected chi connectivity index (χ1v) is 6.52. The van der Waals surface area contributed by atoms with E-state index in [1.54, 1.807) is 0 Å². The van der Waals surface area contributed by atoms with E-state index in [9.17, 15) is 4.79 Å². The lowest BCUT2D eigenvalue weighted by Gasteiger charge is -2.25. The van der Waals surface area contributed by atoms with Gasteiger partial charge < -0.3 is 0 Å². The predicted octanol–water partition coefficient (Wildman–Crippen LogP) is 4.13. The Kier molecular flexibility index (Phi) is 2.76. The molecule has 1 heteroatoms. The number of hydrogen-bond donors (Lipinski definition) is 0. The fraction of sp³-hybridized carbons (Fsp3) is 0.800. The average Bonchev–Trinajstić information content (AvgIpc) is 2.82.